The van der Waals surface area contributed by atoms with Gasteiger partial charge in [-0.25, -0.2) is 10.4 Å². The molecule has 0 fully saturated rings. The van der Waals surface area contributed by atoms with Crippen molar-refractivity contribution in [2.45, 2.75) is 18.9 Å². The quantitative estimate of drug-likeness (QED) is 0.218. The number of pyridine rings is 1. The first-order valence-corrected chi connectivity index (χ1v) is 11.8. The molecule has 6 nitrogen and oxygen atoms in total. The van der Waals surface area contributed by atoms with Gasteiger partial charge in [0, 0.05) is 22.2 Å². The van der Waals surface area contributed by atoms with Crippen molar-refractivity contribution < 1.29 is 9.59 Å². The number of rotatable bonds is 7. The third-order valence-electron chi connectivity index (χ3n) is 5.21. The van der Waals surface area contributed by atoms with Gasteiger partial charge in [0.1, 0.15) is 5.03 Å². The summed E-state index contributed by atoms with van der Waals surface area (Å²) in [6.45, 7) is 3.94. The van der Waals surface area contributed by atoms with Gasteiger partial charge in [0.25, 0.3) is 5.91 Å². The molecule has 34 heavy (non-hydrogen) atoms. The Morgan fingerprint density at radius 2 is 1.65 bits per heavy atom. The van der Waals surface area contributed by atoms with Crippen LogP contribution in [0.2, 0.25) is 0 Å². The standard InChI is InChI=1S/C27H24N4O2S/c1-18-9-8-10-19(2)25(18)30-24(32)17-34-27-22(15-21-13-6-7-14-23(21)29-27)16-28-31-26(33)20-11-4-3-5-12-20/h3-16H,17H2,1-2H3,(H,30,32)(H,31,33)/b28-16+. The van der Waals surface area contributed by atoms with Gasteiger partial charge in [-0.3, -0.25) is 9.59 Å². The molecule has 1 heterocycles. The number of para-hydroxylation sites is 2. The first-order chi connectivity index (χ1) is 16.5. The van der Waals surface area contributed by atoms with Crippen molar-refractivity contribution in [1.82, 2.24) is 10.4 Å². The molecule has 7 heteroatoms. The van der Waals surface area contributed by atoms with Gasteiger partial charge < -0.3 is 5.32 Å². The molecule has 0 bridgehead atoms. The number of benzene rings is 3. The Balaban J connectivity index is 1.51. The normalized spacial score (nSPS) is 11.0. The summed E-state index contributed by atoms with van der Waals surface area (Å²) in [4.78, 5) is 29.7. The molecule has 2 amide bonds. The molecule has 0 atom stereocenters. The number of hydrogen-bond acceptors (Lipinski definition) is 5. The number of carbonyl (C=O) groups is 2. The molecule has 2 N–H and O–H groups in total. The van der Waals surface area contributed by atoms with E-state index < -0.39 is 0 Å². The molecule has 4 aromatic rings. The first-order valence-electron chi connectivity index (χ1n) is 10.8. The highest BCUT2D eigenvalue weighted by Gasteiger charge is 2.12. The van der Waals surface area contributed by atoms with Crippen molar-refractivity contribution in [2.75, 3.05) is 11.1 Å². The largest absolute Gasteiger partial charge is 0.325 e. The highest BCUT2D eigenvalue weighted by Crippen LogP contribution is 2.25. The van der Waals surface area contributed by atoms with Crippen molar-refractivity contribution in [3.8, 4) is 0 Å². The van der Waals surface area contributed by atoms with Crippen molar-refractivity contribution in [3.05, 3.63) is 101 Å². The highest BCUT2D eigenvalue weighted by atomic mass is 32.2. The molecule has 0 radical (unpaired) electrons. The molecule has 3 aromatic carbocycles. The van der Waals surface area contributed by atoms with Crippen LogP contribution < -0.4 is 10.7 Å². The van der Waals surface area contributed by atoms with Crippen LogP contribution in [-0.2, 0) is 4.79 Å². The zero-order valence-electron chi connectivity index (χ0n) is 18.9. The number of hydrazone groups is 1. The predicted molar refractivity (Wildman–Crippen MR) is 139 cm³/mol. The molecule has 0 spiro atoms. The Kier molecular flexibility index (Phi) is 7.34. The van der Waals surface area contributed by atoms with Gasteiger partial charge in [-0.2, -0.15) is 5.10 Å². The lowest BCUT2D eigenvalue weighted by Gasteiger charge is -2.12. The Bertz CT molecular complexity index is 1350. The summed E-state index contributed by atoms with van der Waals surface area (Å²) in [5.41, 5.74) is 7.49. The monoisotopic (exact) mass is 468 g/mol. The van der Waals surface area contributed by atoms with E-state index in [4.69, 9.17) is 4.98 Å². The summed E-state index contributed by atoms with van der Waals surface area (Å²) >= 11 is 1.33. The third kappa shape index (κ3) is 5.68. The summed E-state index contributed by atoms with van der Waals surface area (Å²) < 4.78 is 0. The van der Waals surface area contributed by atoms with E-state index in [2.05, 4.69) is 15.8 Å². The Morgan fingerprint density at radius 3 is 2.41 bits per heavy atom. The topological polar surface area (TPSA) is 83.4 Å². The minimum Gasteiger partial charge on any atom is -0.325 e. The number of amides is 2. The first kappa shape index (κ1) is 23.2. The minimum atomic E-state index is -0.298. The van der Waals surface area contributed by atoms with Crippen LogP contribution in [0, 0.1) is 13.8 Å². The molecular formula is C27H24N4O2S. The van der Waals surface area contributed by atoms with Crippen LogP contribution in [0.5, 0.6) is 0 Å². The summed E-state index contributed by atoms with van der Waals surface area (Å²) in [6, 6.07) is 24.5. The van der Waals surface area contributed by atoms with Gasteiger partial charge in [0.15, 0.2) is 0 Å². The summed E-state index contributed by atoms with van der Waals surface area (Å²) in [5, 5.41) is 8.74. The SMILES string of the molecule is Cc1cccc(C)c1NC(=O)CSc1nc2ccccc2cc1/C=N/NC(=O)c1ccccc1. The van der Waals surface area contributed by atoms with E-state index in [9.17, 15) is 9.59 Å². The Labute approximate surface area is 202 Å². The van der Waals surface area contributed by atoms with E-state index in [1.54, 1.807) is 30.5 Å². The van der Waals surface area contributed by atoms with E-state index in [-0.39, 0.29) is 17.6 Å². The number of thioether (sulfide) groups is 1. The van der Waals surface area contributed by atoms with E-state index >= 15 is 0 Å². The van der Waals surface area contributed by atoms with E-state index in [0.29, 0.717) is 10.6 Å². The number of nitrogens with zero attached hydrogens (tertiary/aromatic N) is 2. The van der Waals surface area contributed by atoms with Gasteiger partial charge >= 0.3 is 0 Å². The van der Waals surface area contributed by atoms with E-state index in [0.717, 1.165) is 33.3 Å². The van der Waals surface area contributed by atoms with Crippen LogP contribution in [0.1, 0.15) is 27.0 Å². The lowest BCUT2D eigenvalue weighted by atomic mass is 10.1. The third-order valence-corrected chi connectivity index (χ3v) is 6.21. The summed E-state index contributed by atoms with van der Waals surface area (Å²) in [7, 11) is 0. The second kappa shape index (κ2) is 10.8. The number of anilines is 1. The fourth-order valence-corrected chi connectivity index (χ4v) is 4.24. The average Bonchev–Trinajstić information content (AvgIpc) is 2.85. The number of hydrogen-bond donors (Lipinski definition) is 2. The van der Waals surface area contributed by atoms with E-state index in [1.165, 1.54) is 11.8 Å². The highest BCUT2D eigenvalue weighted by molar-refractivity contribution is 8.00. The summed E-state index contributed by atoms with van der Waals surface area (Å²) in [5.74, 6) is -0.221. The number of carbonyl (C=O) groups excluding carboxylic acids is 2. The maximum Gasteiger partial charge on any atom is 0.271 e. The molecule has 0 unspecified atom stereocenters. The Hall–Kier alpha value is -3.97. The predicted octanol–water partition coefficient (Wildman–Crippen LogP) is 5.35. The minimum absolute atomic E-state index is 0.113. The molecule has 0 aliphatic heterocycles. The van der Waals surface area contributed by atoms with Gasteiger partial charge in [-0.1, -0.05) is 66.4 Å². The zero-order valence-corrected chi connectivity index (χ0v) is 19.7. The van der Waals surface area contributed by atoms with Crippen LogP contribution in [0.4, 0.5) is 5.69 Å². The molecule has 0 saturated heterocycles. The van der Waals surface area contributed by atoms with Gasteiger partial charge in [0.2, 0.25) is 5.91 Å². The van der Waals surface area contributed by atoms with Crippen LogP contribution >= 0.6 is 11.8 Å². The maximum atomic E-state index is 12.7. The van der Waals surface area contributed by atoms with Crippen LogP contribution in [-0.4, -0.2) is 28.8 Å². The molecule has 0 saturated carbocycles. The molecule has 0 aliphatic rings. The van der Waals surface area contributed by atoms with Crippen molar-refractivity contribution in [2.24, 2.45) is 5.10 Å². The van der Waals surface area contributed by atoms with Crippen LogP contribution in [0.25, 0.3) is 10.9 Å². The van der Waals surface area contributed by atoms with Crippen molar-refractivity contribution in [3.63, 3.8) is 0 Å². The van der Waals surface area contributed by atoms with Crippen LogP contribution in [0.15, 0.2) is 89.0 Å². The van der Waals surface area contributed by atoms with Crippen LogP contribution in [0.3, 0.4) is 0 Å². The fraction of sp³-hybridized carbons (Fsp3) is 0.111. The molecule has 4 rings (SSSR count). The molecular weight excluding hydrogens is 444 g/mol. The molecule has 1 aromatic heterocycles. The maximum absolute atomic E-state index is 12.7. The van der Waals surface area contributed by atoms with Crippen molar-refractivity contribution >= 4 is 46.4 Å². The van der Waals surface area contributed by atoms with Gasteiger partial charge in [0.05, 0.1) is 17.5 Å². The average molecular weight is 469 g/mol. The second-order valence-corrected chi connectivity index (χ2v) is 8.71. The Morgan fingerprint density at radius 1 is 0.941 bits per heavy atom. The summed E-state index contributed by atoms with van der Waals surface area (Å²) in [6.07, 6.45) is 1.56. The number of aryl methyl sites for hydroxylation is 2. The number of aromatic nitrogens is 1. The smallest absolute Gasteiger partial charge is 0.271 e. The lowest BCUT2D eigenvalue weighted by Crippen LogP contribution is -2.17. The van der Waals surface area contributed by atoms with Gasteiger partial charge in [-0.05, 0) is 49.2 Å². The van der Waals surface area contributed by atoms with Crippen molar-refractivity contribution in [1.29, 1.82) is 0 Å². The molecule has 170 valence electrons. The lowest BCUT2D eigenvalue weighted by molar-refractivity contribution is -0.113. The van der Waals surface area contributed by atoms with E-state index in [1.807, 2.05) is 68.4 Å². The second-order valence-electron chi connectivity index (χ2n) is 7.74. The molecule has 0 aliphatic carbocycles. The number of nitrogens with one attached hydrogen (secondary N) is 2. The zero-order chi connectivity index (χ0) is 23.9. The van der Waals surface area contributed by atoms with Gasteiger partial charge in [-0.15, -0.1) is 0 Å². The number of fused-ring (bicyclic) bond motifs is 1. The fourth-order valence-electron chi connectivity index (χ4n) is 3.46.